The number of aliphatic hydroxyl groups excluding tert-OH is 1. The second-order valence-electron chi connectivity index (χ2n) is 8.31. The molecule has 38 heavy (non-hydrogen) atoms. The molecule has 2 atom stereocenters. The number of aliphatic hydroxyl groups is 2. The van der Waals surface area contributed by atoms with Crippen molar-refractivity contribution in [3.8, 4) is 28.5 Å². The topological polar surface area (TPSA) is 110 Å². The lowest BCUT2D eigenvalue weighted by molar-refractivity contribution is -0.101. The van der Waals surface area contributed by atoms with Crippen LogP contribution in [0.1, 0.15) is 23.0 Å². The summed E-state index contributed by atoms with van der Waals surface area (Å²) < 4.78 is 57.9. The minimum absolute atomic E-state index is 0.00962. The molecule has 0 saturated carbocycles. The van der Waals surface area contributed by atoms with Crippen molar-refractivity contribution < 1.29 is 42.4 Å². The smallest absolute Gasteiger partial charge is 0.274 e. The minimum atomic E-state index is -3.35. The van der Waals surface area contributed by atoms with Crippen LogP contribution in [-0.2, 0) is 5.60 Å². The Morgan fingerprint density at radius 2 is 1.76 bits per heavy atom. The molecule has 0 spiro atoms. The zero-order valence-electron chi connectivity index (χ0n) is 20.7. The summed E-state index contributed by atoms with van der Waals surface area (Å²) >= 11 is 5.86. The van der Waals surface area contributed by atoms with Crippen LogP contribution >= 0.6 is 11.6 Å². The van der Waals surface area contributed by atoms with Gasteiger partial charge in [-0.05, 0) is 55.5 Å². The van der Waals surface area contributed by atoms with Gasteiger partial charge in [-0.15, -0.1) is 0 Å². The number of aromatic nitrogens is 1. The Hall–Kier alpha value is -3.54. The Labute approximate surface area is 221 Å². The van der Waals surface area contributed by atoms with Gasteiger partial charge in [0.2, 0.25) is 0 Å². The molecule has 0 radical (unpaired) electrons. The van der Waals surface area contributed by atoms with Crippen LogP contribution in [0.3, 0.4) is 0 Å². The summed E-state index contributed by atoms with van der Waals surface area (Å²) in [5.74, 6) is -0.839. The van der Waals surface area contributed by atoms with E-state index in [1.807, 2.05) is 0 Å². The lowest BCUT2D eigenvalue weighted by atomic mass is 9.97. The van der Waals surface area contributed by atoms with Gasteiger partial charge >= 0.3 is 0 Å². The molecule has 8 nitrogen and oxygen atoms in total. The van der Waals surface area contributed by atoms with Gasteiger partial charge in [-0.1, -0.05) is 11.6 Å². The van der Waals surface area contributed by atoms with Gasteiger partial charge in [0, 0.05) is 11.1 Å². The van der Waals surface area contributed by atoms with Crippen LogP contribution in [0.4, 0.5) is 13.2 Å². The molecule has 1 heterocycles. The fraction of sp³-hybridized carbons (Fsp3) is 0.308. The van der Waals surface area contributed by atoms with Gasteiger partial charge in [-0.2, -0.15) is 0 Å². The third-order valence-corrected chi connectivity index (χ3v) is 5.79. The lowest BCUT2D eigenvalue weighted by Gasteiger charge is -2.28. The van der Waals surface area contributed by atoms with Crippen LogP contribution < -0.4 is 19.5 Å². The van der Waals surface area contributed by atoms with Gasteiger partial charge in [-0.25, -0.2) is 18.2 Å². The summed E-state index contributed by atoms with van der Waals surface area (Å²) in [4.78, 5) is 16.9. The van der Waals surface area contributed by atoms with Crippen LogP contribution in [0.5, 0.6) is 17.2 Å². The quantitative estimate of drug-likeness (QED) is 0.326. The molecular formula is C26H26ClF3N2O6. The molecule has 2 aromatic carbocycles. The average Bonchev–Trinajstić information content (AvgIpc) is 2.91. The summed E-state index contributed by atoms with van der Waals surface area (Å²) in [5, 5.41) is 22.4. The van der Waals surface area contributed by atoms with Crippen LogP contribution in [0.2, 0.25) is 5.02 Å². The van der Waals surface area contributed by atoms with Gasteiger partial charge in [0.25, 0.3) is 12.3 Å². The zero-order chi connectivity index (χ0) is 28.0. The molecule has 0 aliphatic heterocycles. The number of methoxy groups -OCH3 is 2. The molecule has 3 rings (SSSR count). The highest BCUT2D eigenvalue weighted by atomic mass is 35.5. The molecule has 204 valence electrons. The van der Waals surface area contributed by atoms with Crippen molar-refractivity contribution in [2.45, 2.75) is 25.1 Å². The third kappa shape index (κ3) is 6.47. The largest absolute Gasteiger partial charge is 0.494 e. The van der Waals surface area contributed by atoms with E-state index < -0.39 is 42.1 Å². The second kappa shape index (κ2) is 12.3. The summed E-state index contributed by atoms with van der Waals surface area (Å²) in [5.41, 5.74) is -2.99. The van der Waals surface area contributed by atoms with Crippen LogP contribution in [-0.4, -0.2) is 61.0 Å². The van der Waals surface area contributed by atoms with Crippen LogP contribution in [0, 0.1) is 5.82 Å². The van der Waals surface area contributed by atoms with Gasteiger partial charge in [0.15, 0.2) is 17.1 Å². The van der Waals surface area contributed by atoms with Crippen molar-refractivity contribution in [3.05, 3.63) is 70.6 Å². The maximum Gasteiger partial charge on any atom is 0.274 e. The van der Waals surface area contributed by atoms with Crippen LogP contribution in [0.25, 0.3) is 11.3 Å². The molecule has 3 N–H and O–H groups in total. The maximum atomic E-state index is 14.2. The third-order valence-electron chi connectivity index (χ3n) is 5.50. The molecular weight excluding hydrogens is 529 g/mol. The van der Waals surface area contributed by atoms with E-state index in [4.69, 9.17) is 25.8 Å². The zero-order valence-corrected chi connectivity index (χ0v) is 21.4. The van der Waals surface area contributed by atoms with E-state index in [1.54, 1.807) is 0 Å². The number of ether oxygens (including phenoxy) is 3. The Kier molecular flexibility index (Phi) is 9.42. The summed E-state index contributed by atoms with van der Waals surface area (Å²) in [7, 11) is 2.68. The van der Waals surface area contributed by atoms with E-state index in [-0.39, 0.29) is 45.7 Å². The number of nitrogens with one attached hydrogen (secondary N) is 1. The average molecular weight is 555 g/mol. The number of hydrogen-bond donors (Lipinski definition) is 3. The molecule has 1 amide bonds. The van der Waals surface area contributed by atoms with Crippen molar-refractivity contribution in [2.75, 3.05) is 27.4 Å². The Bertz CT molecular complexity index is 1290. The molecule has 12 heteroatoms. The van der Waals surface area contributed by atoms with Crippen molar-refractivity contribution in [1.29, 1.82) is 0 Å². The Morgan fingerprint density at radius 1 is 1.08 bits per heavy atom. The number of amides is 1. The number of hydrogen-bond acceptors (Lipinski definition) is 7. The number of pyridine rings is 1. The Balaban J connectivity index is 1.88. The summed E-state index contributed by atoms with van der Waals surface area (Å²) in [6.07, 6.45) is -4.08. The molecule has 3 aromatic rings. The van der Waals surface area contributed by atoms with E-state index in [2.05, 4.69) is 10.3 Å². The van der Waals surface area contributed by atoms with Gasteiger partial charge in [0.05, 0.1) is 37.6 Å². The normalized spacial score (nSPS) is 13.5. The number of alkyl halides is 2. The van der Waals surface area contributed by atoms with Crippen molar-refractivity contribution in [2.24, 2.45) is 0 Å². The van der Waals surface area contributed by atoms with E-state index in [0.29, 0.717) is 0 Å². The molecule has 2 unspecified atom stereocenters. The lowest BCUT2D eigenvalue weighted by Crippen LogP contribution is -2.46. The summed E-state index contributed by atoms with van der Waals surface area (Å²) in [6, 6.07) is 10.3. The first kappa shape index (κ1) is 29.0. The number of nitrogens with zero attached hydrogens (tertiary/aromatic N) is 1. The number of carbonyl (C=O) groups is 1. The molecule has 1 aromatic heterocycles. The van der Waals surface area contributed by atoms with Gasteiger partial charge in [0.1, 0.15) is 23.9 Å². The highest BCUT2D eigenvalue weighted by Crippen LogP contribution is 2.35. The first-order valence-corrected chi connectivity index (χ1v) is 11.7. The standard InChI is InChI=1S/C26H26ClF3N2O6/c1-14(33)12-38-19-7-5-16(11-21(19)37-3)24(34)31-13-26(35,25(29)30)22-9-8-20(36-2)23(32-22)15-4-6-18(28)17(27)10-15/h4-11,14,25,33,35H,12-13H2,1-3H3,(H,31,34). The second-order valence-corrected chi connectivity index (χ2v) is 8.72. The Morgan fingerprint density at radius 3 is 2.37 bits per heavy atom. The van der Waals surface area contributed by atoms with E-state index in [9.17, 15) is 28.2 Å². The number of rotatable bonds is 11. The van der Waals surface area contributed by atoms with E-state index in [0.717, 1.165) is 12.1 Å². The molecule has 0 bridgehead atoms. The first-order chi connectivity index (χ1) is 18.0. The maximum absolute atomic E-state index is 14.2. The minimum Gasteiger partial charge on any atom is -0.494 e. The highest BCUT2D eigenvalue weighted by Gasteiger charge is 2.42. The van der Waals surface area contributed by atoms with Crippen molar-refractivity contribution in [3.63, 3.8) is 0 Å². The molecule has 0 fully saturated rings. The number of halogens is 4. The van der Waals surface area contributed by atoms with E-state index in [1.165, 1.54) is 57.5 Å². The fourth-order valence-corrected chi connectivity index (χ4v) is 3.62. The highest BCUT2D eigenvalue weighted by molar-refractivity contribution is 6.31. The van der Waals surface area contributed by atoms with Crippen LogP contribution in [0.15, 0.2) is 48.5 Å². The predicted molar refractivity (Wildman–Crippen MR) is 134 cm³/mol. The fourth-order valence-electron chi connectivity index (χ4n) is 3.44. The van der Waals surface area contributed by atoms with E-state index >= 15 is 0 Å². The summed E-state index contributed by atoms with van der Waals surface area (Å²) in [6.45, 7) is 0.632. The van der Waals surface area contributed by atoms with Crippen molar-refractivity contribution in [1.82, 2.24) is 10.3 Å². The molecule has 0 aliphatic rings. The number of benzene rings is 2. The molecule has 0 saturated heterocycles. The molecule has 0 aliphatic carbocycles. The number of carbonyl (C=O) groups excluding carboxylic acids is 1. The first-order valence-electron chi connectivity index (χ1n) is 11.3. The SMILES string of the molecule is COc1cc(C(=O)NCC(O)(c2ccc(OC)c(-c3ccc(F)c(Cl)c3)n2)C(F)F)ccc1OCC(C)O. The van der Waals surface area contributed by atoms with Gasteiger partial charge < -0.3 is 29.7 Å². The predicted octanol–water partition coefficient (Wildman–Crippen LogP) is 4.20. The van der Waals surface area contributed by atoms with Gasteiger partial charge in [-0.3, -0.25) is 4.79 Å². The van der Waals surface area contributed by atoms with Crippen molar-refractivity contribution >= 4 is 17.5 Å². The monoisotopic (exact) mass is 554 g/mol.